The number of rotatable bonds is 5. The lowest BCUT2D eigenvalue weighted by atomic mass is 10.2. The summed E-state index contributed by atoms with van der Waals surface area (Å²) in [5.74, 6) is 0. The lowest BCUT2D eigenvalue weighted by Crippen LogP contribution is -2.36. The Balaban J connectivity index is 0.000000537. The van der Waals surface area contributed by atoms with Crippen LogP contribution in [-0.2, 0) is 16.9 Å². The number of benzene rings is 1. The van der Waals surface area contributed by atoms with Crippen molar-refractivity contribution in [2.45, 2.75) is 26.3 Å². The fraction of sp³-hybridized carbons (Fsp3) is 0.353. The largest absolute Gasteiger partial charge is 0.759 e. The van der Waals surface area contributed by atoms with Gasteiger partial charge in [-0.1, -0.05) is 13.3 Å². The van der Waals surface area contributed by atoms with Gasteiger partial charge >= 0.3 is 11.1 Å². The molecular weight excluding hydrogens is 402 g/mol. The highest BCUT2D eigenvalue weighted by Gasteiger charge is 2.14. The van der Waals surface area contributed by atoms with Gasteiger partial charge in [-0.25, -0.2) is 4.98 Å². The second kappa shape index (κ2) is 9.03. The highest BCUT2D eigenvalue weighted by Crippen LogP contribution is 2.27. The van der Waals surface area contributed by atoms with Crippen LogP contribution in [0.5, 0.6) is 0 Å². The summed E-state index contributed by atoms with van der Waals surface area (Å²) in [6, 6.07) is 3.83. The number of aromatic amines is 1. The summed E-state index contributed by atoms with van der Waals surface area (Å²) in [5.41, 5.74) is 2.12. The van der Waals surface area contributed by atoms with Gasteiger partial charge in [-0.3, -0.25) is 18.0 Å². The second-order valence-electron chi connectivity index (χ2n) is 6.40. The third kappa shape index (κ3) is 5.76. The minimum atomic E-state index is -5.17. The van der Waals surface area contributed by atoms with Gasteiger partial charge in [0.25, 0.3) is 0 Å². The van der Waals surface area contributed by atoms with Gasteiger partial charge in [-0.2, -0.15) is 0 Å². The van der Waals surface area contributed by atoms with Gasteiger partial charge in [0.1, 0.15) is 0 Å². The van der Waals surface area contributed by atoms with Crippen molar-refractivity contribution in [3.63, 3.8) is 0 Å². The monoisotopic (exact) mass is 423 g/mol. The predicted molar refractivity (Wildman–Crippen MR) is 106 cm³/mol. The topological polar surface area (TPSA) is 156 Å². The average molecular weight is 423 g/mol. The number of imidazole rings is 1. The summed E-state index contributed by atoms with van der Waals surface area (Å²) in [7, 11) is -1.29. The molecule has 0 fully saturated rings. The molecule has 0 amide bonds. The molecule has 0 saturated heterocycles. The number of aromatic nitrogens is 4. The second-order valence-corrected chi connectivity index (χ2v) is 7.21. The standard InChI is InChI=1S/C17H21N5O2.H2O4S/c1-4-5-7-22-13-10-15(21-8-6-18-11-21)14(20(2)3)9-12(13)19-16(23)17(22)24;1-5(2,3)4/h6,8-11H,4-5,7H2,1-3H3,(H,19,23);(H2,1,2,3,4)/p-2. The summed E-state index contributed by atoms with van der Waals surface area (Å²) in [4.78, 5) is 33.1. The van der Waals surface area contributed by atoms with Crippen molar-refractivity contribution < 1.29 is 17.5 Å². The molecule has 12 heteroatoms. The molecule has 0 radical (unpaired) electrons. The van der Waals surface area contributed by atoms with Crippen LogP contribution in [0.4, 0.5) is 5.69 Å². The Morgan fingerprint density at radius 3 is 2.38 bits per heavy atom. The Morgan fingerprint density at radius 1 is 1.21 bits per heavy atom. The molecule has 3 aromatic rings. The van der Waals surface area contributed by atoms with Crippen LogP contribution in [0.2, 0.25) is 0 Å². The van der Waals surface area contributed by atoms with E-state index in [2.05, 4.69) is 16.9 Å². The molecule has 0 aliphatic rings. The zero-order valence-electron chi connectivity index (χ0n) is 16.2. The van der Waals surface area contributed by atoms with E-state index in [1.165, 1.54) is 0 Å². The van der Waals surface area contributed by atoms with Gasteiger partial charge in [-0.15, -0.1) is 0 Å². The van der Waals surface area contributed by atoms with Crippen molar-refractivity contribution in [3.8, 4) is 5.69 Å². The number of nitrogens with zero attached hydrogens (tertiary/aromatic N) is 4. The Morgan fingerprint density at radius 2 is 1.86 bits per heavy atom. The molecule has 1 aromatic carbocycles. The first-order valence-electron chi connectivity index (χ1n) is 8.66. The Labute approximate surface area is 166 Å². The van der Waals surface area contributed by atoms with E-state index in [0.717, 1.165) is 29.7 Å². The molecule has 11 nitrogen and oxygen atoms in total. The number of aryl methyl sites for hydroxylation is 1. The highest BCUT2D eigenvalue weighted by atomic mass is 32.3. The van der Waals surface area contributed by atoms with E-state index >= 15 is 0 Å². The molecule has 0 saturated carbocycles. The Kier molecular flexibility index (Phi) is 6.95. The first-order valence-corrected chi connectivity index (χ1v) is 9.99. The summed E-state index contributed by atoms with van der Waals surface area (Å²) in [6.07, 6.45) is 7.07. The Bertz CT molecular complexity index is 1190. The van der Waals surface area contributed by atoms with Gasteiger partial charge in [0.15, 0.2) is 0 Å². The van der Waals surface area contributed by atoms with Crippen LogP contribution in [0.25, 0.3) is 16.7 Å². The molecule has 0 spiro atoms. The van der Waals surface area contributed by atoms with Crippen molar-refractivity contribution in [1.82, 2.24) is 19.1 Å². The number of fused-ring (bicyclic) bond motifs is 1. The predicted octanol–water partition coefficient (Wildman–Crippen LogP) is 0.404. The number of unbranched alkanes of at least 4 members (excludes halogenated alkanes) is 1. The van der Waals surface area contributed by atoms with Crippen molar-refractivity contribution >= 4 is 27.1 Å². The average Bonchev–Trinajstić information content (AvgIpc) is 3.14. The third-order valence-corrected chi connectivity index (χ3v) is 4.07. The van der Waals surface area contributed by atoms with E-state index in [1.54, 1.807) is 17.1 Å². The number of nitrogens with one attached hydrogen (secondary N) is 1. The minimum absolute atomic E-state index is 0.509. The molecule has 3 rings (SSSR count). The Hall–Kier alpha value is -2.96. The molecule has 2 heterocycles. The smallest absolute Gasteiger partial charge is 0.316 e. The number of H-pyrrole nitrogens is 1. The molecule has 1 N–H and O–H groups in total. The van der Waals surface area contributed by atoms with Crippen LogP contribution in [0, 0.1) is 0 Å². The van der Waals surface area contributed by atoms with Crippen LogP contribution >= 0.6 is 0 Å². The normalized spacial score (nSPS) is 11.2. The van der Waals surface area contributed by atoms with Gasteiger partial charge < -0.3 is 28.1 Å². The van der Waals surface area contributed by atoms with Gasteiger partial charge in [0.2, 0.25) is 0 Å². The van der Waals surface area contributed by atoms with E-state index in [-0.39, 0.29) is 0 Å². The van der Waals surface area contributed by atoms with Crippen LogP contribution in [0.3, 0.4) is 0 Å². The van der Waals surface area contributed by atoms with E-state index in [1.807, 2.05) is 41.9 Å². The van der Waals surface area contributed by atoms with E-state index < -0.39 is 21.5 Å². The zero-order valence-corrected chi connectivity index (χ0v) is 17.0. The van der Waals surface area contributed by atoms with Crippen LogP contribution < -0.4 is 16.0 Å². The van der Waals surface area contributed by atoms with Crippen molar-refractivity contribution in [2.75, 3.05) is 19.0 Å². The van der Waals surface area contributed by atoms with Crippen LogP contribution in [0.1, 0.15) is 19.8 Å². The maximum absolute atomic E-state index is 12.3. The maximum Gasteiger partial charge on any atom is 0.316 e. The summed E-state index contributed by atoms with van der Waals surface area (Å²) in [6.45, 7) is 2.59. The molecule has 0 aliphatic heterocycles. The molecule has 2 aromatic heterocycles. The fourth-order valence-electron chi connectivity index (χ4n) is 2.80. The fourth-order valence-corrected chi connectivity index (χ4v) is 2.80. The highest BCUT2D eigenvalue weighted by molar-refractivity contribution is 7.79. The number of hydrogen-bond acceptors (Lipinski definition) is 8. The molecule has 0 bridgehead atoms. The summed E-state index contributed by atoms with van der Waals surface area (Å²) in [5, 5.41) is 0. The van der Waals surface area contributed by atoms with Crippen molar-refractivity contribution in [3.05, 3.63) is 51.6 Å². The van der Waals surface area contributed by atoms with E-state index in [9.17, 15) is 9.59 Å². The van der Waals surface area contributed by atoms with E-state index in [0.29, 0.717) is 12.1 Å². The molecule has 0 atom stereocenters. The SMILES string of the molecule is CCCCn1c(=O)c(=O)[nH]c2cc(N(C)C)c(-n3ccnc3)cc21.O=S(=O)([O-])[O-]. The first kappa shape index (κ1) is 22.3. The molecule has 29 heavy (non-hydrogen) atoms. The lowest BCUT2D eigenvalue weighted by Gasteiger charge is -2.20. The zero-order chi connectivity index (χ0) is 21.8. The lowest BCUT2D eigenvalue weighted by molar-refractivity contribution is 0.352. The maximum atomic E-state index is 12.3. The summed E-state index contributed by atoms with van der Waals surface area (Å²) >= 11 is 0. The number of anilines is 1. The quantitative estimate of drug-likeness (QED) is 0.351. The van der Waals surface area contributed by atoms with Gasteiger partial charge in [0.05, 0.1) is 28.7 Å². The molecule has 158 valence electrons. The van der Waals surface area contributed by atoms with Crippen LogP contribution in [-0.4, -0.2) is 50.7 Å². The van der Waals surface area contributed by atoms with Crippen LogP contribution in [0.15, 0.2) is 40.4 Å². The third-order valence-electron chi connectivity index (χ3n) is 4.07. The van der Waals surface area contributed by atoms with Crippen molar-refractivity contribution in [2.24, 2.45) is 0 Å². The first-order chi connectivity index (χ1) is 13.5. The van der Waals surface area contributed by atoms with Gasteiger partial charge in [0, 0.05) is 43.4 Å². The van der Waals surface area contributed by atoms with E-state index in [4.69, 9.17) is 17.5 Å². The minimum Gasteiger partial charge on any atom is -0.759 e. The summed E-state index contributed by atoms with van der Waals surface area (Å²) < 4.78 is 37.5. The number of hydrogen-bond donors (Lipinski definition) is 1. The van der Waals surface area contributed by atoms with Gasteiger partial charge in [-0.05, 0) is 18.6 Å². The molecular formula is C17H21N5O6S-2. The molecule has 0 unspecified atom stereocenters. The molecule has 0 aliphatic carbocycles. The van der Waals surface area contributed by atoms with Crippen molar-refractivity contribution in [1.29, 1.82) is 0 Å².